The largest absolute Gasteiger partial charge is 0.0714 e. The second kappa shape index (κ2) is 27.5. The molecule has 0 saturated heterocycles. The molecular weight excluding hydrogens is 901 g/mol. The highest BCUT2D eigenvalue weighted by Crippen LogP contribution is 2.58. The molecule has 0 fully saturated rings. The Morgan fingerprint density at radius 3 is 0.933 bits per heavy atom. The lowest BCUT2D eigenvalue weighted by atomic mass is 9.66. The van der Waals surface area contributed by atoms with Crippen LogP contribution in [0.15, 0.2) is 121 Å². The Balaban J connectivity index is 0.000000346. The van der Waals surface area contributed by atoms with Crippen LogP contribution in [0.5, 0.6) is 0 Å². The summed E-state index contributed by atoms with van der Waals surface area (Å²) in [7, 11) is 0. The predicted octanol–water partition coefficient (Wildman–Crippen LogP) is 22.0. The van der Waals surface area contributed by atoms with Gasteiger partial charge in [0, 0.05) is 0 Å². The predicted molar refractivity (Wildman–Crippen MR) is 330 cm³/mol. The molecule has 0 aliphatic heterocycles. The number of fused-ring (bicyclic) bond motifs is 3. The highest BCUT2D eigenvalue weighted by Gasteiger charge is 2.46. The van der Waals surface area contributed by atoms with E-state index in [2.05, 4.69) is 204 Å². The van der Waals surface area contributed by atoms with Crippen LogP contribution in [0.1, 0.15) is 219 Å². The minimum Gasteiger partial charge on any atom is -0.0654 e. The van der Waals surface area contributed by atoms with E-state index in [4.69, 9.17) is 0 Å². The van der Waals surface area contributed by atoms with Crippen LogP contribution in [-0.2, 0) is 31.1 Å². The van der Waals surface area contributed by atoms with Crippen molar-refractivity contribution in [1.29, 1.82) is 0 Å². The van der Waals surface area contributed by atoms with Crippen molar-refractivity contribution in [1.82, 2.24) is 0 Å². The van der Waals surface area contributed by atoms with E-state index in [0.29, 0.717) is 0 Å². The van der Waals surface area contributed by atoms with Crippen molar-refractivity contribution in [3.8, 4) is 33.4 Å². The van der Waals surface area contributed by atoms with Crippen LogP contribution < -0.4 is 0 Å². The molecule has 1 aliphatic rings. The van der Waals surface area contributed by atoms with Crippen molar-refractivity contribution in [2.75, 3.05) is 0 Å². The summed E-state index contributed by atoms with van der Waals surface area (Å²) in [4.78, 5) is 0. The Morgan fingerprint density at radius 2 is 0.613 bits per heavy atom. The number of unbranched alkanes of at least 4 members (excludes halogenated alkanes) is 12. The van der Waals surface area contributed by atoms with Crippen LogP contribution in [0, 0.1) is 55.4 Å². The van der Waals surface area contributed by atoms with E-state index in [0.717, 1.165) is 12.8 Å². The van der Waals surface area contributed by atoms with Crippen molar-refractivity contribution in [2.45, 2.75) is 217 Å². The molecule has 7 aromatic rings. The normalized spacial score (nSPS) is 12.4. The first-order valence-electron chi connectivity index (χ1n) is 30.1. The lowest BCUT2D eigenvalue weighted by Crippen LogP contribution is -2.29. The summed E-state index contributed by atoms with van der Waals surface area (Å²) in [5.74, 6) is 0. The first-order valence-corrected chi connectivity index (χ1v) is 30.1. The molecule has 0 heterocycles. The lowest BCUT2D eigenvalue weighted by molar-refractivity contribution is 0.661. The summed E-state index contributed by atoms with van der Waals surface area (Å²) >= 11 is 0. The van der Waals surface area contributed by atoms with Gasteiger partial charge in [0.05, 0.1) is 5.41 Å². The number of hydrogen-bond acceptors (Lipinski definition) is 0. The minimum atomic E-state index is -0.475. The molecule has 396 valence electrons. The Morgan fingerprint density at radius 1 is 0.293 bits per heavy atom. The highest BCUT2D eigenvalue weighted by atomic mass is 14.5. The van der Waals surface area contributed by atoms with Gasteiger partial charge in [-0.1, -0.05) is 225 Å². The second-order valence-electron chi connectivity index (χ2n) is 23.2. The molecule has 7 aromatic carbocycles. The number of benzene rings is 7. The molecule has 0 unspecified atom stereocenters. The van der Waals surface area contributed by atoms with Crippen molar-refractivity contribution in [3.63, 3.8) is 0 Å². The van der Waals surface area contributed by atoms with Crippen LogP contribution in [0.3, 0.4) is 0 Å². The van der Waals surface area contributed by atoms with Gasteiger partial charge < -0.3 is 0 Å². The monoisotopic (exact) mass is 997 g/mol. The van der Waals surface area contributed by atoms with E-state index in [1.165, 1.54) is 227 Å². The molecule has 0 radical (unpaired) electrons. The zero-order chi connectivity index (χ0) is 53.5. The molecule has 75 heavy (non-hydrogen) atoms. The van der Waals surface area contributed by atoms with Crippen LogP contribution in [0.4, 0.5) is 0 Å². The summed E-state index contributed by atoms with van der Waals surface area (Å²) in [5, 5.41) is 0. The molecule has 0 heteroatoms. The first-order chi connectivity index (χ1) is 36.3. The van der Waals surface area contributed by atoms with Crippen LogP contribution in [-0.4, -0.2) is 0 Å². The van der Waals surface area contributed by atoms with Crippen LogP contribution >= 0.6 is 0 Å². The van der Waals surface area contributed by atoms with Crippen molar-refractivity contribution >= 4 is 0 Å². The van der Waals surface area contributed by atoms with Gasteiger partial charge in [0.25, 0.3) is 0 Å². The van der Waals surface area contributed by atoms with Crippen LogP contribution in [0.2, 0.25) is 0 Å². The summed E-state index contributed by atoms with van der Waals surface area (Å²) in [6.07, 6.45) is 26.0. The molecule has 0 aromatic heterocycles. The number of aryl methyl sites for hydroxylation is 12. The van der Waals surface area contributed by atoms with E-state index in [-0.39, 0.29) is 0 Å². The van der Waals surface area contributed by atoms with E-state index in [9.17, 15) is 0 Å². The van der Waals surface area contributed by atoms with Gasteiger partial charge >= 0.3 is 0 Å². The average Bonchev–Trinajstić information content (AvgIpc) is 3.67. The second-order valence-corrected chi connectivity index (χ2v) is 23.2. The third-order valence-corrected chi connectivity index (χ3v) is 16.9. The maximum atomic E-state index is 2.55. The van der Waals surface area contributed by atoms with Gasteiger partial charge in [0.15, 0.2) is 0 Å². The molecular formula is C75H96. The average molecular weight is 998 g/mol. The lowest BCUT2D eigenvalue weighted by Gasteiger charge is -2.35. The Labute approximate surface area is 458 Å². The Kier molecular flexibility index (Phi) is 21.0. The molecule has 0 N–H and O–H groups in total. The van der Waals surface area contributed by atoms with Gasteiger partial charge in [-0.05, 0) is 230 Å². The van der Waals surface area contributed by atoms with Gasteiger partial charge in [-0.25, -0.2) is 0 Å². The maximum Gasteiger partial charge on any atom is 0.0714 e. The molecule has 1 aliphatic carbocycles. The molecule has 0 bridgehead atoms. The Hall–Kier alpha value is -5.46. The van der Waals surface area contributed by atoms with Gasteiger partial charge in [-0.3, -0.25) is 0 Å². The minimum absolute atomic E-state index is 0.475. The molecule has 0 nitrogen and oxygen atoms in total. The van der Waals surface area contributed by atoms with Crippen molar-refractivity contribution < 1.29 is 0 Å². The maximum absolute atomic E-state index is 2.55. The van der Waals surface area contributed by atoms with Gasteiger partial charge in [0.2, 0.25) is 0 Å². The fraction of sp³-hybridized carbons (Fsp3) is 0.440. The van der Waals surface area contributed by atoms with Crippen molar-refractivity contribution in [2.24, 2.45) is 0 Å². The zero-order valence-corrected chi connectivity index (χ0v) is 49.2. The van der Waals surface area contributed by atoms with E-state index >= 15 is 0 Å². The standard InChI is InChI=1S/C55H62.C20H34/c1-9-11-13-15-17-43-19-25-47(26-20-43)55(48-27-21-44(22-28-48)18-16-14-12-10-2)51-35-45(53-39(5)31-37(3)32-40(53)6)23-29-49(51)50-30-24-46(36-52(50)55)54-41(7)33-38(4)34-42(54)8;1-5-7-9-11-13-19-15-18(4)20(16-17(19)3)14-12-10-8-6-2/h19-36H,9-18H2,1-8H3;15-16H,5-14H2,1-4H3. The number of hydrogen-bond donors (Lipinski definition) is 0. The summed E-state index contributed by atoms with van der Waals surface area (Å²) in [6.45, 7) is 27.3. The van der Waals surface area contributed by atoms with E-state index in [1.807, 2.05) is 0 Å². The third kappa shape index (κ3) is 13.8. The summed E-state index contributed by atoms with van der Waals surface area (Å²) < 4.78 is 0. The smallest absolute Gasteiger partial charge is 0.0654 e. The van der Waals surface area contributed by atoms with Crippen molar-refractivity contribution in [3.05, 3.63) is 210 Å². The highest BCUT2D eigenvalue weighted by molar-refractivity contribution is 5.91. The van der Waals surface area contributed by atoms with E-state index in [1.54, 1.807) is 11.1 Å². The molecule has 0 amide bonds. The SMILES string of the molecule is CCCCCCc1cc(C)c(CCCCCC)cc1C.CCCCCCc1ccc(C2(c3ccc(CCCCCC)cc3)c3cc(-c4c(C)cc(C)cc4C)ccc3-c3ccc(-c4c(C)cc(C)cc4C)cc32)cc1. The molecule has 0 saturated carbocycles. The third-order valence-electron chi connectivity index (χ3n) is 16.9. The van der Waals surface area contributed by atoms with E-state index < -0.39 is 5.41 Å². The Bertz CT molecular complexity index is 2690. The van der Waals surface area contributed by atoms with Crippen LogP contribution in [0.25, 0.3) is 33.4 Å². The first kappa shape index (κ1) is 57.2. The van der Waals surface area contributed by atoms with Gasteiger partial charge in [-0.2, -0.15) is 0 Å². The summed E-state index contributed by atoms with van der Waals surface area (Å²) in [5.41, 5.74) is 30.1. The van der Waals surface area contributed by atoms with Gasteiger partial charge in [-0.15, -0.1) is 0 Å². The molecule has 0 atom stereocenters. The summed E-state index contributed by atoms with van der Waals surface area (Å²) in [6, 6.07) is 48.6. The topological polar surface area (TPSA) is 0 Å². The molecule has 8 rings (SSSR count). The molecule has 0 spiro atoms. The quantitative estimate of drug-likeness (QED) is 0.0529. The van der Waals surface area contributed by atoms with Gasteiger partial charge in [0.1, 0.15) is 0 Å². The fourth-order valence-corrected chi connectivity index (χ4v) is 13.0. The fourth-order valence-electron chi connectivity index (χ4n) is 13.0. The number of rotatable bonds is 24. The zero-order valence-electron chi connectivity index (χ0n) is 49.2.